The van der Waals surface area contributed by atoms with Gasteiger partial charge in [0.1, 0.15) is 11.7 Å². The lowest BCUT2D eigenvalue weighted by molar-refractivity contribution is -0.142. The van der Waals surface area contributed by atoms with E-state index in [2.05, 4.69) is 4.98 Å². The van der Waals surface area contributed by atoms with Gasteiger partial charge in [0, 0.05) is 13.5 Å². The van der Waals surface area contributed by atoms with Gasteiger partial charge in [0.2, 0.25) is 0 Å². The number of carbonyl (C=O) groups excluding carboxylic acids is 1. The first kappa shape index (κ1) is 19.4. The third-order valence-electron chi connectivity index (χ3n) is 3.95. The zero-order valence-corrected chi connectivity index (χ0v) is 14.1. The van der Waals surface area contributed by atoms with Crippen molar-refractivity contribution in [1.29, 1.82) is 0 Å². The molecule has 138 valence electrons. The quantitative estimate of drug-likeness (QED) is 0.882. The van der Waals surface area contributed by atoms with Crippen molar-refractivity contribution in [3.63, 3.8) is 0 Å². The van der Waals surface area contributed by atoms with Crippen LogP contribution in [0.1, 0.15) is 27.3 Å². The summed E-state index contributed by atoms with van der Waals surface area (Å²) in [6, 6.07) is 9.32. The van der Waals surface area contributed by atoms with Crippen LogP contribution in [0.5, 0.6) is 0 Å². The van der Waals surface area contributed by atoms with Crippen molar-refractivity contribution in [2.75, 3.05) is 7.05 Å². The molecule has 0 saturated carbocycles. The summed E-state index contributed by atoms with van der Waals surface area (Å²) in [5, 5.41) is 9.46. The Hall–Kier alpha value is -2.90. The Labute approximate surface area is 148 Å². The molecule has 1 unspecified atom stereocenters. The maximum absolute atomic E-state index is 12.7. The number of likely N-dealkylation sites (N-methyl/N-ethyl adjacent to an activating group) is 1. The number of nitrogens with zero attached hydrogens (tertiary/aromatic N) is 2. The molecular weight excluding hydrogens is 349 g/mol. The van der Waals surface area contributed by atoms with Gasteiger partial charge in [0.15, 0.2) is 0 Å². The molecule has 0 fully saturated rings. The Kier molecular flexibility index (Phi) is 5.64. The standard InChI is InChI=1S/C18H17F3N2O3/c1-11-13(8-9-15(22-11)18(19,20)21)16(24)23(2)14(17(25)26)10-12-6-4-3-5-7-12/h3-9,14H,10H2,1-2H3,(H,25,26). The van der Waals surface area contributed by atoms with Crippen molar-refractivity contribution in [3.8, 4) is 0 Å². The molecule has 1 aromatic heterocycles. The van der Waals surface area contributed by atoms with E-state index in [4.69, 9.17) is 0 Å². The van der Waals surface area contributed by atoms with Crippen LogP contribution in [0.25, 0.3) is 0 Å². The largest absolute Gasteiger partial charge is 0.480 e. The van der Waals surface area contributed by atoms with Gasteiger partial charge in [-0.15, -0.1) is 0 Å². The number of halogens is 3. The number of benzene rings is 1. The van der Waals surface area contributed by atoms with E-state index in [0.717, 1.165) is 16.5 Å². The van der Waals surface area contributed by atoms with Crippen LogP contribution in [-0.2, 0) is 17.4 Å². The fourth-order valence-electron chi connectivity index (χ4n) is 2.50. The number of carboxylic acids is 1. The fourth-order valence-corrected chi connectivity index (χ4v) is 2.50. The minimum absolute atomic E-state index is 0.0696. The molecule has 2 rings (SSSR count). The first-order valence-corrected chi connectivity index (χ1v) is 7.70. The Morgan fingerprint density at radius 2 is 1.77 bits per heavy atom. The number of carbonyl (C=O) groups is 2. The zero-order valence-electron chi connectivity index (χ0n) is 14.1. The van der Waals surface area contributed by atoms with E-state index in [-0.39, 0.29) is 17.7 Å². The molecule has 0 bridgehead atoms. The van der Waals surface area contributed by atoms with E-state index in [9.17, 15) is 27.9 Å². The fraction of sp³-hybridized carbons (Fsp3) is 0.278. The van der Waals surface area contributed by atoms with Crippen molar-refractivity contribution in [3.05, 3.63) is 65.0 Å². The van der Waals surface area contributed by atoms with Crippen LogP contribution < -0.4 is 0 Å². The van der Waals surface area contributed by atoms with Crippen LogP contribution in [-0.4, -0.2) is 40.0 Å². The predicted molar refractivity (Wildman–Crippen MR) is 87.6 cm³/mol. The van der Waals surface area contributed by atoms with Crippen LogP contribution in [0, 0.1) is 6.92 Å². The lowest BCUT2D eigenvalue weighted by Gasteiger charge is -2.25. The number of amides is 1. The Bertz CT molecular complexity index is 807. The molecule has 0 saturated heterocycles. The topological polar surface area (TPSA) is 70.5 Å². The Balaban J connectivity index is 2.27. The molecule has 1 atom stereocenters. The molecule has 26 heavy (non-hydrogen) atoms. The summed E-state index contributed by atoms with van der Waals surface area (Å²) in [5.74, 6) is -1.91. The summed E-state index contributed by atoms with van der Waals surface area (Å²) >= 11 is 0. The van der Waals surface area contributed by atoms with Gasteiger partial charge in [-0.05, 0) is 24.6 Å². The van der Waals surface area contributed by atoms with E-state index < -0.39 is 29.8 Å². The monoisotopic (exact) mass is 366 g/mol. The second-order valence-electron chi connectivity index (χ2n) is 5.79. The summed E-state index contributed by atoms with van der Waals surface area (Å²) in [5.41, 5.74) is -0.560. The number of alkyl halides is 3. The molecule has 0 spiro atoms. The zero-order chi connectivity index (χ0) is 19.5. The predicted octanol–water partition coefficient (Wildman–Crippen LogP) is 3.18. The number of hydrogen-bond donors (Lipinski definition) is 1. The Morgan fingerprint density at radius 1 is 1.15 bits per heavy atom. The lowest BCUT2D eigenvalue weighted by Crippen LogP contribution is -2.44. The number of aryl methyl sites for hydroxylation is 1. The molecule has 0 aliphatic carbocycles. The summed E-state index contributed by atoms with van der Waals surface area (Å²) in [7, 11) is 1.31. The van der Waals surface area contributed by atoms with Crippen LogP contribution in [0.2, 0.25) is 0 Å². The van der Waals surface area contributed by atoms with Crippen molar-refractivity contribution >= 4 is 11.9 Å². The molecule has 1 N–H and O–H groups in total. The van der Waals surface area contributed by atoms with E-state index in [1.54, 1.807) is 30.3 Å². The van der Waals surface area contributed by atoms with Gasteiger partial charge in [-0.2, -0.15) is 13.2 Å². The lowest BCUT2D eigenvalue weighted by atomic mass is 10.0. The molecular formula is C18H17F3N2O3. The number of pyridine rings is 1. The third-order valence-corrected chi connectivity index (χ3v) is 3.95. The van der Waals surface area contributed by atoms with Gasteiger partial charge in [-0.1, -0.05) is 30.3 Å². The summed E-state index contributed by atoms with van der Waals surface area (Å²) in [4.78, 5) is 28.6. The highest BCUT2D eigenvalue weighted by molar-refractivity contribution is 5.97. The van der Waals surface area contributed by atoms with Gasteiger partial charge in [-0.3, -0.25) is 4.79 Å². The summed E-state index contributed by atoms with van der Waals surface area (Å²) < 4.78 is 38.1. The minimum atomic E-state index is -4.62. The number of carboxylic acid groups (broad SMARTS) is 1. The van der Waals surface area contributed by atoms with Gasteiger partial charge >= 0.3 is 12.1 Å². The molecule has 1 heterocycles. The number of aromatic nitrogens is 1. The first-order chi connectivity index (χ1) is 12.1. The highest BCUT2D eigenvalue weighted by Crippen LogP contribution is 2.28. The van der Waals surface area contributed by atoms with Crippen molar-refractivity contribution in [2.45, 2.75) is 25.6 Å². The van der Waals surface area contributed by atoms with Crippen molar-refractivity contribution in [1.82, 2.24) is 9.88 Å². The maximum Gasteiger partial charge on any atom is 0.433 e. The van der Waals surface area contributed by atoms with Crippen molar-refractivity contribution in [2.24, 2.45) is 0 Å². The summed E-state index contributed by atoms with van der Waals surface area (Å²) in [6.07, 6.45) is -4.54. The highest BCUT2D eigenvalue weighted by Gasteiger charge is 2.34. The van der Waals surface area contributed by atoms with Crippen LogP contribution in [0.15, 0.2) is 42.5 Å². The van der Waals surface area contributed by atoms with E-state index in [0.29, 0.717) is 6.07 Å². The molecule has 1 amide bonds. The number of hydrogen-bond acceptors (Lipinski definition) is 3. The SMILES string of the molecule is Cc1nc(C(F)(F)F)ccc1C(=O)N(C)C(Cc1ccccc1)C(=O)O. The van der Waals surface area contributed by atoms with Gasteiger partial charge in [0.05, 0.1) is 11.3 Å². The van der Waals surface area contributed by atoms with E-state index in [1.807, 2.05) is 0 Å². The molecule has 2 aromatic rings. The molecule has 0 aliphatic rings. The Morgan fingerprint density at radius 3 is 2.27 bits per heavy atom. The van der Waals surface area contributed by atoms with Crippen LogP contribution in [0.3, 0.4) is 0 Å². The van der Waals surface area contributed by atoms with Crippen LogP contribution >= 0.6 is 0 Å². The van der Waals surface area contributed by atoms with E-state index >= 15 is 0 Å². The summed E-state index contributed by atoms with van der Waals surface area (Å²) in [6.45, 7) is 1.28. The highest BCUT2D eigenvalue weighted by atomic mass is 19.4. The minimum Gasteiger partial charge on any atom is -0.480 e. The first-order valence-electron chi connectivity index (χ1n) is 7.70. The number of aliphatic carboxylic acids is 1. The third kappa shape index (κ3) is 4.38. The van der Waals surface area contributed by atoms with Gasteiger partial charge < -0.3 is 10.0 Å². The molecule has 0 aliphatic heterocycles. The van der Waals surface area contributed by atoms with Gasteiger partial charge in [-0.25, -0.2) is 9.78 Å². The molecule has 1 aromatic carbocycles. The average Bonchev–Trinajstić information content (AvgIpc) is 2.58. The van der Waals surface area contributed by atoms with E-state index in [1.165, 1.54) is 14.0 Å². The smallest absolute Gasteiger partial charge is 0.433 e. The molecule has 5 nitrogen and oxygen atoms in total. The van der Waals surface area contributed by atoms with Crippen LogP contribution in [0.4, 0.5) is 13.2 Å². The second-order valence-corrected chi connectivity index (χ2v) is 5.79. The van der Waals surface area contributed by atoms with Gasteiger partial charge in [0.25, 0.3) is 5.91 Å². The number of rotatable bonds is 5. The molecule has 0 radical (unpaired) electrons. The average molecular weight is 366 g/mol. The normalized spacial score (nSPS) is 12.5. The van der Waals surface area contributed by atoms with Crippen molar-refractivity contribution < 1.29 is 27.9 Å². The maximum atomic E-state index is 12.7. The second kappa shape index (κ2) is 7.55. The molecule has 8 heteroatoms.